The highest BCUT2D eigenvalue weighted by Gasteiger charge is 2.53. The quantitative estimate of drug-likeness (QED) is 0.126. The fraction of sp³-hybridized carbons (Fsp3) is 0.0222. The SMILES string of the molecule is Clc1cccc(-c2nc3ccc(-c4ccc5c(c4)C4(c6ccccc6-c6ccccc64)c4ccccc4-5)cc3o2)c1.N#Cc1cccc(-c2cccc(-c3nc4ccc(-c5ccc6c(c5)C5(c7ccccc7-c7ccccc75)c5ccccc5-6)cc4o3)c2)c1.[C-]#[N+]c1cccc(B(O)O)c1. The van der Waals surface area contributed by atoms with Gasteiger partial charge in [0.05, 0.1) is 29.0 Å². The molecule has 20 rings (SSSR count). The van der Waals surface area contributed by atoms with Gasteiger partial charge in [-0.1, -0.05) is 248 Å². The summed E-state index contributed by atoms with van der Waals surface area (Å²) in [5.74, 6) is 1.14. The zero-order chi connectivity index (χ0) is 67.2. The lowest BCUT2D eigenvalue weighted by atomic mass is 9.70. The Morgan fingerprint density at radius 2 is 0.710 bits per heavy atom. The first-order valence-electron chi connectivity index (χ1n) is 33.1. The minimum Gasteiger partial charge on any atom is -0.436 e. The molecule has 0 aliphatic heterocycles. The molecule has 100 heavy (non-hydrogen) atoms. The average molecular weight is 1300 g/mol. The molecule has 2 N–H and O–H groups in total. The standard InChI is InChI=1S/C45H26N2O.C38H22ClNO.C7H6BNO2/c46-27-28-9-7-10-29(23-28)30-11-8-12-33(24-30)44-47-42-22-20-32(26-43(42)48-44)31-19-21-37-36-15-3-6-18-40(36)45(41(37)25-31)38-16-4-1-13-34(38)35-14-2-5-17-39(35)45;39-26-9-7-8-25(20-26)37-40-35-19-17-24(22-36(35)41-37)23-16-18-30-29-12-3-6-15-33(29)38(34(30)21-23)31-13-4-1-10-27(31)28-11-2-5-14-32(28)38;1-9-7-4-2-3-6(5-7)8(10)11/h1-26H;1-22H;2-5,10-11H. The Kier molecular flexibility index (Phi) is 14.2. The summed E-state index contributed by atoms with van der Waals surface area (Å²) in [6.45, 7) is 6.64. The van der Waals surface area contributed by atoms with Crippen LogP contribution < -0.4 is 5.46 Å². The molecule has 2 aromatic heterocycles. The lowest BCUT2D eigenvalue weighted by molar-refractivity contribution is 0.426. The van der Waals surface area contributed by atoms with Crippen LogP contribution >= 0.6 is 11.6 Å². The van der Waals surface area contributed by atoms with Crippen LogP contribution in [0.15, 0.2) is 324 Å². The highest BCUT2D eigenvalue weighted by molar-refractivity contribution is 6.58. The second-order valence-corrected chi connectivity index (χ2v) is 26.0. The first kappa shape index (κ1) is 59.7. The Bertz CT molecular complexity index is 6000. The van der Waals surface area contributed by atoms with E-state index in [2.05, 4.69) is 229 Å². The number of hydrogen-bond acceptors (Lipinski definition) is 7. The predicted octanol–water partition coefficient (Wildman–Crippen LogP) is 21.1. The molecule has 2 heterocycles. The van der Waals surface area contributed by atoms with Gasteiger partial charge in [0.1, 0.15) is 11.0 Å². The highest BCUT2D eigenvalue weighted by atomic mass is 35.5. The average Bonchev–Trinajstić information content (AvgIpc) is 1.52. The number of hydrogen-bond donors (Lipinski definition) is 2. The molecule has 0 atom stereocenters. The van der Waals surface area contributed by atoms with Gasteiger partial charge in [0.2, 0.25) is 11.8 Å². The molecule has 0 fully saturated rings. The van der Waals surface area contributed by atoms with Crippen LogP contribution in [0.5, 0.6) is 0 Å². The number of aromatic nitrogens is 2. The van der Waals surface area contributed by atoms with E-state index in [1.165, 1.54) is 95.1 Å². The molecule has 4 aliphatic carbocycles. The van der Waals surface area contributed by atoms with Crippen molar-refractivity contribution in [1.29, 1.82) is 5.26 Å². The molecule has 2 spiro atoms. The van der Waals surface area contributed by atoms with Crippen molar-refractivity contribution in [2.24, 2.45) is 0 Å². The third kappa shape index (κ3) is 9.44. The molecule has 0 bridgehead atoms. The third-order valence-electron chi connectivity index (χ3n) is 20.2. The Morgan fingerprint density at radius 3 is 1.14 bits per heavy atom. The molecule has 468 valence electrons. The van der Waals surface area contributed by atoms with E-state index in [4.69, 9.17) is 47.0 Å². The van der Waals surface area contributed by atoms with Crippen LogP contribution in [0.4, 0.5) is 5.69 Å². The largest absolute Gasteiger partial charge is 0.487 e. The molecule has 14 aromatic carbocycles. The van der Waals surface area contributed by atoms with Crippen LogP contribution in [0.3, 0.4) is 0 Å². The van der Waals surface area contributed by atoms with E-state index in [0.29, 0.717) is 33.5 Å². The molecule has 8 nitrogen and oxygen atoms in total. The molecule has 16 aromatic rings. The summed E-state index contributed by atoms with van der Waals surface area (Å²) >= 11 is 6.22. The van der Waals surface area contributed by atoms with Gasteiger partial charge in [0.15, 0.2) is 16.9 Å². The van der Waals surface area contributed by atoms with Gasteiger partial charge >= 0.3 is 7.12 Å². The summed E-state index contributed by atoms with van der Waals surface area (Å²) in [4.78, 5) is 12.7. The van der Waals surface area contributed by atoms with Crippen LogP contribution in [-0.2, 0) is 10.8 Å². The second-order valence-electron chi connectivity index (χ2n) is 25.6. The summed E-state index contributed by atoms with van der Waals surface area (Å²) in [5, 5.41) is 27.4. The van der Waals surface area contributed by atoms with Crippen molar-refractivity contribution in [2.75, 3.05) is 0 Å². The van der Waals surface area contributed by atoms with Crippen molar-refractivity contribution >= 4 is 52.1 Å². The van der Waals surface area contributed by atoms with Crippen molar-refractivity contribution in [1.82, 2.24) is 9.97 Å². The number of nitriles is 1. The van der Waals surface area contributed by atoms with E-state index in [9.17, 15) is 5.26 Å². The Labute approximate surface area is 582 Å². The normalized spacial score (nSPS) is 12.9. The van der Waals surface area contributed by atoms with Gasteiger partial charge in [-0.2, -0.15) is 5.26 Å². The molecule has 0 saturated heterocycles. The zero-order valence-electron chi connectivity index (χ0n) is 53.5. The fourth-order valence-electron chi connectivity index (χ4n) is 16.0. The monoisotopic (exact) mass is 1300 g/mol. The fourth-order valence-corrected chi connectivity index (χ4v) is 16.2. The molecule has 0 saturated carbocycles. The van der Waals surface area contributed by atoms with E-state index in [-0.39, 0.29) is 10.8 Å². The van der Waals surface area contributed by atoms with Crippen molar-refractivity contribution in [3.63, 3.8) is 0 Å². The van der Waals surface area contributed by atoms with Crippen LogP contribution in [0.2, 0.25) is 5.02 Å². The summed E-state index contributed by atoms with van der Waals surface area (Å²) in [6.07, 6.45) is 0. The lowest BCUT2D eigenvalue weighted by Gasteiger charge is -2.30. The van der Waals surface area contributed by atoms with Gasteiger partial charge in [-0.05, 0) is 207 Å². The molecular weight excluding hydrogens is 1250 g/mol. The minimum absolute atomic E-state index is 0.346. The lowest BCUT2D eigenvalue weighted by Crippen LogP contribution is -2.29. The smallest absolute Gasteiger partial charge is 0.436 e. The maximum Gasteiger partial charge on any atom is 0.487 e. The number of halogens is 1. The van der Waals surface area contributed by atoms with Gasteiger partial charge < -0.3 is 18.9 Å². The Balaban J connectivity index is 0.000000126. The molecule has 4 aliphatic rings. The number of nitrogens with zero attached hydrogens (tertiary/aromatic N) is 4. The number of oxazole rings is 2. The number of benzene rings is 14. The van der Waals surface area contributed by atoms with Crippen molar-refractivity contribution in [2.45, 2.75) is 10.8 Å². The van der Waals surface area contributed by atoms with Crippen LogP contribution in [0.25, 0.3) is 128 Å². The Morgan fingerprint density at radius 1 is 0.350 bits per heavy atom. The molecule has 0 radical (unpaired) electrons. The summed E-state index contributed by atoms with van der Waals surface area (Å²) in [6, 6.07) is 112. The molecule has 0 unspecified atom stereocenters. The first-order valence-corrected chi connectivity index (χ1v) is 33.5. The molecule has 10 heteroatoms. The van der Waals surface area contributed by atoms with Gasteiger partial charge in [-0.25, -0.2) is 14.8 Å². The van der Waals surface area contributed by atoms with Crippen LogP contribution in [0.1, 0.15) is 50.1 Å². The molecular formula is C90H54BClN4O4. The number of rotatable bonds is 6. The minimum atomic E-state index is -1.49. The van der Waals surface area contributed by atoms with Gasteiger partial charge in [0, 0.05) is 16.1 Å². The zero-order valence-corrected chi connectivity index (χ0v) is 54.2. The van der Waals surface area contributed by atoms with Gasteiger partial charge in [-0.15, -0.1) is 0 Å². The first-order chi connectivity index (χ1) is 49.2. The Hall–Kier alpha value is -12.7. The summed E-state index contributed by atoms with van der Waals surface area (Å²) in [5.41, 5.74) is 33.1. The third-order valence-corrected chi connectivity index (χ3v) is 20.5. The predicted molar refractivity (Wildman–Crippen MR) is 400 cm³/mol. The highest BCUT2D eigenvalue weighted by Crippen LogP contribution is 2.65. The number of fused-ring (bicyclic) bond motifs is 22. The van der Waals surface area contributed by atoms with Crippen molar-refractivity contribution in [3.05, 3.63) is 382 Å². The topological polar surface area (TPSA) is 121 Å². The van der Waals surface area contributed by atoms with E-state index in [1.54, 1.807) is 18.2 Å². The van der Waals surface area contributed by atoms with Gasteiger partial charge in [0.25, 0.3) is 0 Å². The maximum absolute atomic E-state index is 9.37. The van der Waals surface area contributed by atoms with Crippen LogP contribution in [-0.4, -0.2) is 27.1 Å². The molecule has 0 amide bonds. The van der Waals surface area contributed by atoms with Crippen molar-refractivity contribution < 1.29 is 18.9 Å². The van der Waals surface area contributed by atoms with E-state index < -0.39 is 7.12 Å². The van der Waals surface area contributed by atoms with Crippen LogP contribution in [0, 0.1) is 17.9 Å². The summed E-state index contributed by atoms with van der Waals surface area (Å²) in [7, 11) is -1.49. The van der Waals surface area contributed by atoms with Gasteiger partial charge in [-0.3, -0.25) is 0 Å². The van der Waals surface area contributed by atoms with E-state index >= 15 is 0 Å². The van der Waals surface area contributed by atoms with E-state index in [1.807, 2.05) is 72.8 Å². The summed E-state index contributed by atoms with van der Waals surface area (Å²) < 4.78 is 12.6. The second kappa shape index (κ2) is 23.8. The van der Waals surface area contributed by atoms with E-state index in [0.717, 1.165) is 66.7 Å². The maximum atomic E-state index is 9.37. The van der Waals surface area contributed by atoms with Crippen molar-refractivity contribution in [3.8, 4) is 107 Å².